The van der Waals surface area contributed by atoms with Crippen molar-refractivity contribution in [2.75, 3.05) is 5.32 Å². The van der Waals surface area contributed by atoms with Crippen molar-refractivity contribution in [3.05, 3.63) is 35.4 Å². The monoisotopic (exact) mass is 343 g/mol. The number of pyridine rings is 1. The van der Waals surface area contributed by atoms with Crippen LogP contribution in [0.1, 0.15) is 26.0 Å². The minimum Gasteiger partial charge on any atom is -0.509 e. The van der Waals surface area contributed by atoms with Gasteiger partial charge in [-0.1, -0.05) is 13.8 Å². The Bertz CT molecular complexity index is 681. The standard InChI is InChI=1S/C15H16F3N3O3/c1-7(2)5-9-12(22)11(14(24)21-9)13(23)20-8-3-4-10(19-6-8)15(16,17)18/h3-4,6-7,9,22H,5H2,1-2H3,(H,20,23)(H,21,24). The number of alkyl halides is 3. The maximum Gasteiger partial charge on any atom is 0.433 e. The van der Waals surface area contributed by atoms with Gasteiger partial charge in [0, 0.05) is 0 Å². The first-order valence-electron chi connectivity index (χ1n) is 7.18. The largest absolute Gasteiger partial charge is 0.509 e. The highest BCUT2D eigenvalue weighted by Gasteiger charge is 2.36. The lowest BCUT2D eigenvalue weighted by Crippen LogP contribution is -2.31. The first-order chi connectivity index (χ1) is 11.1. The highest BCUT2D eigenvalue weighted by Crippen LogP contribution is 2.28. The molecule has 0 fully saturated rings. The molecule has 1 unspecified atom stereocenters. The van der Waals surface area contributed by atoms with Gasteiger partial charge in [-0.15, -0.1) is 0 Å². The summed E-state index contributed by atoms with van der Waals surface area (Å²) in [6.07, 6.45) is -3.30. The number of hydrogen-bond acceptors (Lipinski definition) is 4. The maximum atomic E-state index is 12.4. The summed E-state index contributed by atoms with van der Waals surface area (Å²) in [7, 11) is 0. The zero-order chi connectivity index (χ0) is 18.1. The molecule has 24 heavy (non-hydrogen) atoms. The SMILES string of the molecule is CC(C)CC1NC(=O)C(C(=O)Nc2ccc(C(F)(F)F)nc2)=C1O. The van der Waals surface area contributed by atoms with Crippen LogP contribution in [0.5, 0.6) is 0 Å². The zero-order valence-electron chi connectivity index (χ0n) is 12.9. The number of nitrogens with zero attached hydrogens (tertiary/aromatic N) is 1. The minimum absolute atomic E-state index is 0.0200. The number of halogens is 3. The normalized spacial score (nSPS) is 18.1. The van der Waals surface area contributed by atoms with Crippen molar-refractivity contribution in [2.45, 2.75) is 32.5 Å². The molecule has 1 aliphatic heterocycles. The second kappa shape index (κ2) is 6.50. The average Bonchev–Trinajstić information content (AvgIpc) is 2.72. The number of hydrogen-bond donors (Lipinski definition) is 3. The highest BCUT2D eigenvalue weighted by atomic mass is 19.4. The van der Waals surface area contributed by atoms with Gasteiger partial charge in [0.2, 0.25) is 0 Å². The fourth-order valence-electron chi connectivity index (χ4n) is 2.28. The Morgan fingerprint density at radius 3 is 2.58 bits per heavy atom. The van der Waals surface area contributed by atoms with E-state index in [4.69, 9.17) is 0 Å². The Kier molecular flexibility index (Phi) is 4.81. The van der Waals surface area contributed by atoms with Gasteiger partial charge in [-0.3, -0.25) is 9.59 Å². The highest BCUT2D eigenvalue weighted by molar-refractivity contribution is 6.24. The summed E-state index contributed by atoms with van der Waals surface area (Å²) in [5.41, 5.74) is -1.56. The summed E-state index contributed by atoms with van der Waals surface area (Å²) >= 11 is 0. The van der Waals surface area contributed by atoms with E-state index in [2.05, 4.69) is 15.6 Å². The van der Waals surface area contributed by atoms with E-state index in [-0.39, 0.29) is 17.4 Å². The van der Waals surface area contributed by atoms with Crippen LogP contribution in [0.2, 0.25) is 0 Å². The number of carbonyl (C=O) groups is 2. The summed E-state index contributed by atoms with van der Waals surface area (Å²) in [5.74, 6) is -1.82. The van der Waals surface area contributed by atoms with E-state index in [1.807, 2.05) is 13.8 Å². The molecule has 3 N–H and O–H groups in total. The molecular formula is C15H16F3N3O3. The molecule has 0 saturated heterocycles. The third-order valence-corrected chi connectivity index (χ3v) is 3.36. The van der Waals surface area contributed by atoms with Crippen LogP contribution in [0.4, 0.5) is 18.9 Å². The number of aliphatic hydroxyl groups excluding tert-OH is 1. The van der Waals surface area contributed by atoms with Crippen LogP contribution in [0, 0.1) is 5.92 Å². The molecule has 1 aromatic rings. The summed E-state index contributed by atoms with van der Waals surface area (Å²) in [6, 6.07) is 1.08. The van der Waals surface area contributed by atoms with Crippen molar-refractivity contribution in [1.29, 1.82) is 0 Å². The van der Waals surface area contributed by atoms with E-state index in [9.17, 15) is 27.9 Å². The van der Waals surface area contributed by atoms with Gasteiger partial charge in [0.25, 0.3) is 11.8 Å². The number of carbonyl (C=O) groups excluding carboxylic acids is 2. The molecule has 130 valence electrons. The molecule has 9 heteroatoms. The van der Waals surface area contributed by atoms with Crippen molar-refractivity contribution in [2.24, 2.45) is 5.92 Å². The Labute approximate surface area is 135 Å². The molecule has 0 spiro atoms. The third kappa shape index (κ3) is 3.84. The van der Waals surface area contributed by atoms with E-state index in [0.29, 0.717) is 12.5 Å². The minimum atomic E-state index is -4.58. The lowest BCUT2D eigenvalue weighted by molar-refractivity contribution is -0.141. The smallest absolute Gasteiger partial charge is 0.433 e. The molecule has 1 atom stereocenters. The van der Waals surface area contributed by atoms with Crippen LogP contribution in [0.15, 0.2) is 29.7 Å². The summed E-state index contributed by atoms with van der Waals surface area (Å²) in [5, 5.41) is 14.8. The average molecular weight is 343 g/mol. The van der Waals surface area contributed by atoms with Gasteiger partial charge >= 0.3 is 6.18 Å². The van der Waals surface area contributed by atoms with Crippen LogP contribution in [0.25, 0.3) is 0 Å². The number of amides is 2. The van der Waals surface area contributed by atoms with Gasteiger partial charge in [-0.2, -0.15) is 13.2 Å². The van der Waals surface area contributed by atoms with Gasteiger partial charge in [-0.05, 0) is 24.5 Å². The van der Waals surface area contributed by atoms with Gasteiger partial charge < -0.3 is 15.7 Å². The second-order valence-corrected chi connectivity index (χ2v) is 5.80. The second-order valence-electron chi connectivity index (χ2n) is 5.80. The van der Waals surface area contributed by atoms with Gasteiger partial charge in [0.15, 0.2) is 0 Å². The molecule has 0 aliphatic carbocycles. The Morgan fingerprint density at radius 1 is 1.42 bits per heavy atom. The lowest BCUT2D eigenvalue weighted by Gasteiger charge is -2.12. The number of anilines is 1. The predicted octanol–water partition coefficient (Wildman–Crippen LogP) is 2.40. The molecule has 0 aromatic carbocycles. The van der Waals surface area contributed by atoms with Gasteiger partial charge in [0.1, 0.15) is 17.0 Å². The topological polar surface area (TPSA) is 91.3 Å². The fraction of sp³-hybridized carbons (Fsp3) is 0.400. The molecule has 0 bridgehead atoms. The number of aliphatic hydroxyl groups is 1. The zero-order valence-corrected chi connectivity index (χ0v) is 12.9. The van der Waals surface area contributed by atoms with Crippen molar-refractivity contribution in [3.63, 3.8) is 0 Å². The van der Waals surface area contributed by atoms with Gasteiger partial charge in [-0.25, -0.2) is 4.98 Å². The van der Waals surface area contributed by atoms with Crippen LogP contribution < -0.4 is 10.6 Å². The fourth-order valence-corrected chi connectivity index (χ4v) is 2.28. The van der Waals surface area contributed by atoms with E-state index in [1.165, 1.54) is 0 Å². The first-order valence-corrected chi connectivity index (χ1v) is 7.18. The summed E-state index contributed by atoms with van der Waals surface area (Å²) in [6.45, 7) is 3.79. The Balaban J connectivity index is 2.14. The van der Waals surface area contributed by atoms with Crippen molar-refractivity contribution in [1.82, 2.24) is 10.3 Å². The molecule has 1 aliphatic rings. The van der Waals surface area contributed by atoms with E-state index in [0.717, 1.165) is 12.3 Å². The molecule has 1 aromatic heterocycles. The Morgan fingerprint density at radius 2 is 2.08 bits per heavy atom. The van der Waals surface area contributed by atoms with Gasteiger partial charge in [0.05, 0.1) is 17.9 Å². The van der Waals surface area contributed by atoms with E-state index >= 15 is 0 Å². The summed E-state index contributed by atoms with van der Waals surface area (Å²) < 4.78 is 37.3. The third-order valence-electron chi connectivity index (χ3n) is 3.36. The number of aromatic nitrogens is 1. The number of nitrogens with one attached hydrogen (secondary N) is 2. The van der Waals surface area contributed by atoms with Crippen molar-refractivity contribution in [3.8, 4) is 0 Å². The van der Waals surface area contributed by atoms with Crippen molar-refractivity contribution >= 4 is 17.5 Å². The maximum absolute atomic E-state index is 12.4. The molecule has 2 heterocycles. The molecule has 6 nitrogen and oxygen atoms in total. The molecule has 0 radical (unpaired) electrons. The molecular weight excluding hydrogens is 327 g/mol. The van der Waals surface area contributed by atoms with Crippen LogP contribution in [-0.4, -0.2) is 27.9 Å². The molecule has 2 amide bonds. The predicted molar refractivity (Wildman–Crippen MR) is 78.9 cm³/mol. The summed E-state index contributed by atoms with van der Waals surface area (Å²) in [4.78, 5) is 27.2. The molecule has 2 rings (SSSR count). The van der Waals surface area contributed by atoms with Crippen LogP contribution >= 0.6 is 0 Å². The molecule has 0 saturated carbocycles. The Hall–Kier alpha value is -2.58. The van der Waals surface area contributed by atoms with Crippen molar-refractivity contribution < 1.29 is 27.9 Å². The van der Waals surface area contributed by atoms with Crippen LogP contribution in [-0.2, 0) is 15.8 Å². The lowest BCUT2D eigenvalue weighted by atomic mass is 10.0. The number of rotatable bonds is 4. The quantitative estimate of drug-likeness (QED) is 0.732. The van der Waals surface area contributed by atoms with E-state index in [1.54, 1.807) is 0 Å². The van der Waals surface area contributed by atoms with E-state index < -0.39 is 35.3 Å². The van der Waals surface area contributed by atoms with Crippen LogP contribution in [0.3, 0.4) is 0 Å². The first kappa shape index (κ1) is 17.8.